The molecule has 1 aromatic rings. The summed E-state index contributed by atoms with van der Waals surface area (Å²) in [6.45, 7) is 6.72. The smallest absolute Gasteiger partial charge is 0.311 e. The number of aliphatic hydroxyl groups is 1. The van der Waals surface area contributed by atoms with E-state index in [1.54, 1.807) is 20.8 Å². The second-order valence-corrected chi connectivity index (χ2v) is 7.96. The number of rotatable bonds is 8. The van der Waals surface area contributed by atoms with Crippen molar-refractivity contribution in [2.75, 3.05) is 13.7 Å². The summed E-state index contributed by atoms with van der Waals surface area (Å²) in [4.78, 5) is 23.8. The summed E-state index contributed by atoms with van der Waals surface area (Å²) in [5, 5.41) is 10.3. The average molecular weight is 410 g/mol. The number of aliphatic hydroxyl groups excluding tert-OH is 1. The molecule has 162 valence electrons. The minimum atomic E-state index is -1.41. The van der Waals surface area contributed by atoms with Gasteiger partial charge in [0, 0.05) is 14.0 Å². The van der Waals surface area contributed by atoms with Gasteiger partial charge in [0.2, 0.25) is 0 Å². The fraction of sp³-hybridized carbons (Fsp3) is 0.619. The summed E-state index contributed by atoms with van der Waals surface area (Å²) >= 11 is 0. The number of hydrogen-bond acceptors (Lipinski definition) is 8. The van der Waals surface area contributed by atoms with Crippen molar-refractivity contribution in [2.45, 2.75) is 65.0 Å². The first-order valence-corrected chi connectivity index (χ1v) is 9.49. The summed E-state index contributed by atoms with van der Waals surface area (Å²) in [6, 6.07) is 9.52. The van der Waals surface area contributed by atoms with E-state index in [1.807, 2.05) is 30.3 Å². The Morgan fingerprint density at radius 2 is 1.83 bits per heavy atom. The normalized spacial score (nSPS) is 25.4. The molecule has 1 aliphatic heterocycles. The maximum atomic E-state index is 12.3. The number of hydrogen-bond donors (Lipinski definition) is 1. The third kappa shape index (κ3) is 6.50. The van der Waals surface area contributed by atoms with Gasteiger partial charge in [0.1, 0.15) is 12.2 Å². The first-order chi connectivity index (χ1) is 13.6. The molecule has 1 N–H and O–H groups in total. The molecule has 0 amide bonds. The largest absolute Gasteiger partial charge is 0.457 e. The zero-order valence-electron chi connectivity index (χ0n) is 17.5. The van der Waals surface area contributed by atoms with E-state index in [-0.39, 0.29) is 6.61 Å². The number of methoxy groups -OCH3 is 1. The van der Waals surface area contributed by atoms with E-state index in [0.29, 0.717) is 6.61 Å². The predicted molar refractivity (Wildman–Crippen MR) is 103 cm³/mol. The summed E-state index contributed by atoms with van der Waals surface area (Å²) in [5.74, 6) is -1.03. The Bertz CT molecular complexity index is 669. The van der Waals surface area contributed by atoms with Gasteiger partial charge in [-0.25, -0.2) is 0 Å². The fourth-order valence-electron chi connectivity index (χ4n) is 2.93. The Morgan fingerprint density at radius 1 is 1.17 bits per heavy atom. The molecule has 5 atom stereocenters. The molecule has 8 nitrogen and oxygen atoms in total. The molecule has 2 rings (SSSR count). The van der Waals surface area contributed by atoms with Crippen LogP contribution in [0.2, 0.25) is 0 Å². The van der Waals surface area contributed by atoms with Crippen molar-refractivity contribution in [3.63, 3.8) is 0 Å². The van der Waals surface area contributed by atoms with E-state index < -0.39 is 48.1 Å². The van der Waals surface area contributed by atoms with Crippen molar-refractivity contribution >= 4 is 11.9 Å². The maximum absolute atomic E-state index is 12.3. The molecule has 1 aliphatic rings. The molecular formula is C21H30O8. The molecule has 8 heteroatoms. The molecule has 1 aromatic carbocycles. The molecule has 0 saturated carbocycles. The minimum absolute atomic E-state index is 0.0195. The lowest BCUT2D eigenvalue weighted by atomic mass is 9.97. The molecule has 0 spiro atoms. The van der Waals surface area contributed by atoms with Crippen molar-refractivity contribution in [3.8, 4) is 0 Å². The number of carbonyl (C=O) groups is 2. The highest BCUT2D eigenvalue weighted by atomic mass is 16.7. The van der Waals surface area contributed by atoms with Gasteiger partial charge in [-0.1, -0.05) is 30.3 Å². The Balaban J connectivity index is 2.08. The summed E-state index contributed by atoms with van der Waals surface area (Å²) in [5.41, 5.74) is 0.200. The molecule has 0 unspecified atom stereocenters. The van der Waals surface area contributed by atoms with Gasteiger partial charge in [-0.2, -0.15) is 0 Å². The van der Waals surface area contributed by atoms with Gasteiger partial charge in [0.05, 0.1) is 18.6 Å². The maximum Gasteiger partial charge on any atom is 0.311 e. The van der Waals surface area contributed by atoms with E-state index in [1.165, 1.54) is 14.0 Å². The average Bonchev–Trinajstić information content (AvgIpc) is 2.96. The van der Waals surface area contributed by atoms with Crippen LogP contribution in [0, 0.1) is 5.41 Å². The standard InChI is InChI=1S/C21H30O8/c1-13(22)27-15(12-26-11-14-9-7-6-8-10-14)16-17(25-5)18(19(23)28-16)29-20(24)21(2,3)4/h6-10,15-19,23H,11-12H2,1-5H3/t15-,16+,17+,18+,19-/m0/s1. The first kappa shape index (κ1) is 23.3. The van der Waals surface area contributed by atoms with Crippen LogP contribution in [0.1, 0.15) is 33.3 Å². The highest BCUT2D eigenvalue weighted by molar-refractivity contribution is 5.75. The SMILES string of the molecule is CO[C@H]1[C@@H](OC(=O)C(C)(C)C)[C@@H](O)O[C@@H]1[C@H](COCc1ccccc1)OC(C)=O. The second kappa shape index (κ2) is 10.2. The lowest BCUT2D eigenvalue weighted by molar-refractivity contribution is -0.187. The van der Waals surface area contributed by atoms with Gasteiger partial charge in [-0.3, -0.25) is 9.59 Å². The van der Waals surface area contributed by atoms with E-state index in [4.69, 9.17) is 23.7 Å². The highest BCUT2D eigenvalue weighted by Crippen LogP contribution is 2.30. The van der Waals surface area contributed by atoms with Crippen LogP contribution in [0.4, 0.5) is 0 Å². The van der Waals surface area contributed by atoms with Crippen LogP contribution < -0.4 is 0 Å². The van der Waals surface area contributed by atoms with Crippen molar-refractivity contribution in [1.82, 2.24) is 0 Å². The van der Waals surface area contributed by atoms with Crippen molar-refractivity contribution in [2.24, 2.45) is 5.41 Å². The second-order valence-electron chi connectivity index (χ2n) is 7.96. The zero-order valence-corrected chi connectivity index (χ0v) is 17.5. The van der Waals surface area contributed by atoms with Crippen LogP contribution in [0.5, 0.6) is 0 Å². The van der Waals surface area contributed by atoms with E-state index in [2.05, 4.69) is 0 Å². The molecular weight excluding hydrogens is 380 g/mol. The van der Waals surface area contributed by atoms with Gasteiger partial charge < -0.3 is 28.8 Å². The number of benzene rings is 1. The summed E-state index contributed by atoms with van der Waals surface area (Å²) < 4.78 is 27.5. The molecule has 0 radical (unpaired) electrons. The van der Waals surface area contributed by atoms with Gasteiger partial charge in [0.15, 0.2) is 18.5 Å². The van der Waals surface area contributed by atoms with Crippen LogP contribution in [-0.2, 0) is 39.9 Å². The molecule has 0 bridgehead atoms. The van der Waals surface area contributed by atoms with Crippen LogP contribution in [-0.4, -0.2) is 61.5 Å². The molecule has 0 aliphatic carbocycles. The van der Waals surface area contributed by atoms with Gasteiger partial charge in [0.25, 0.3) is 0 Å². The minimum Gasteiger partial charge on any atom is -0.457 e. The van der Waals surface area contributed by atoms with Gasteiger partial charge in [-0.15, -0.1) is 0 Å². The molecule has 29 heavy (non-hydrogen) atoms. The summed E-state index contributed by atoms with van der Waals surface area (Å²) in [7, 11) is 1.41. The van der Waals surface area contributed by atoms with Gasteiger partial charge >= 0.3 is 11.9 Å². The van der Waals surface area contributed by atoms with E-state index in [9.17, 15) is 14.7 Å². The predicted octanol–water partition coefficient (Wildman–Crippen LogP) is 1.82. The van der Waals surface area contributed by atoms with Crippen molar-refractivity contribution < 1.29 is 38.4 Å². The molecule has 0 aromatic heterocycles. The summed E-state index contributed by atoms with van der Waals surface area (Å²) in [6.07, 6.45) is -5.02. The number of ether oxygens (including phenoxy) is 5. The molecule has 1 saturated heterocycles. The Kier molecular flexibility index (Phi) is 8.15. The van der Waals surface area contributed by atoms with E-state index >= 15 is 0 Å². The monoisotopic (exact) mass is 410 g/mol. The quantitative estimate of drug-likeness (QED) is 0.648. The lowest BCUT2D eigenvalue weighted by Crippen LogP contribution is -2.46. The lowest BCUT2D eigenvalue weighted by Gasteiger charge is -2.28. The van der Waals surface area contributed by atoms with Gasteiger partial charge in [-0.05, 0) is 26.3 Å². The fourth-order valence-corrected chi connectivity index (χ4v) is 2.93. The number of esters is 2. The third-order valence-corrected chi connectivity index (χ3v) is 4.43. The van der Waals surface area contributed by atoms with Crippen LogP contribution in [0.3, 0.4) is 0 Å². The molecule has 1 fully saturated rings. The number of carbonyl (C=O) groups excluding carboxylic acids is 2. The third-order valence-electron chi connectivity index (χ3n) is 4.43. The Morgan fingerprint density at radius 3 is 2.38 bits per heavy atom. The zero-order chi connectivity index (χ0) is 21.6. The highest BCUT2D eigenvalue weighted by Gasteiger charge is 2.51. The van der Waals surface area contributed by atoms with Crippen LogP contribution in [0.25, 0.3) is 0 Å². The topological polar surface area (TPSA) is 101 Å². The van der Waals surface area contributed by atoms with Crippen molar-refractivity contribution in [3.05, 3.63) is 35.9 Å². The van der Waals surface area contributed by atoms with Crippen LogP contribution in [0.15, 0.2) is 30.3 Å². The van der Waals surface area contributed by atoms with Crippen molar-refractivity contribution in [1.29, 1.82) is 0 Å². The Labute approximate surface area is 171 Å². The Hall–Kier alpha value is -2.00. The van der Waals surface area contributed by atoms with E-state index in [0.717, 1.165) is 5.56 Å². The van der Waals surface area contributed by atoms with Crippen LogP contribution >= 0.6 is 0 Å². The first-order valence-electron chi connectivity index (χ1n) is 9.49. The molecule has 1 heterocycles.